The van der Waals surface area contributed by atoms with Gasteiger partial charge >= 0.3 is 0 Å². The predicted molar refractivity (Wildman–Crippen MR) is 83.2 cm³/mol. The zero-order valence-corrected chi connectivity index (χ0v) is 13.1. The molecular weight excluding hydrogens is 267 g/mol. The van der Waals surface area contributed by atoms with Crippen molar-refractivity contribution in [2.45, 2.75) is 57.6 Å². The van der Waals surface area contributed by atoms with Crippen molar-refractivity contribution in [3.63, 3.8) is 0 Å². The number of hydrogen-bond acceptors (Lipinski definition) is 3. The highest BCUT2D eigenvalue weighted by atomic mass is 19.1. The third-order valence-electron chi connectivity index (χ3n) is 4.64. The van der Waals surface area contributed by atoms with Gasteiger partial charge in [-0.15, -0.1) is 0 Å². The van der Waals surface area contributed by atoms with Crippen LogP contribution in [0.4, 0.5) is 4.39 Å². The van der Waals surface area contributed by atoms with E-state index in [-0.39, 0.29) is 17.5 Å². The van der Waals surface area contributed by atoms with Gasteiger partial charge in [0, 0.05) is 6.61 Å². The van der Waals surface area contributed by atoms with E-state index in [1.165, 1.54) is 12.5 Å². The van der Waals surface area contributed by atoms with Crippen LogP contribution in [-0.4, -0.2) is 18.2 Å². The Morgan fingerprint density at radius 2 is 2.24 bits per heavy atom. The van der Waals surface area contributed by atoms with Crippen molar-refractivity contribution in [1.29, 1.82) is 0 Å². The molecular formula is C17H27FN2O. The Morgan fingerprint density at radius 3 is 2.86 bits per heavy atom. The van der Waals surface area contributed by atoms with Gasteiger partial charge < -0.3 is 4.74 Å². The van der Waals surface area contributed by atoms with Crippen molar-refractivity contribution in [2.75, 3.05) is 6.61 Å². The van der Waals surface area contributed by atoms with E-state index in [4.69, 9.17) is 10.6 Å². The van der Waals surface area contributed by atoms with Crippen LogP contribution in [0.5, 0.6) is 0 Å². The standard InChI is InChI=1S/C17H27FN2O/c1-3-21-17(10-6-7-13(2)12-17)16(20-19)11-14-8-4-5-9-15(14)18/h4-5,8-9,13,16,20H,3,6-7,10-12,19H2,1-2H3. The first-order chi connectivity index (χ1) is 10.1. The number of nitrogens with two attached hydrogens (primary N) is 1. The summed E-state index contributed by atoms with van der Waals surface area (Å²) >= 11 is 0. The van der Waals surface area contributed by atoms with E-state index in [1.54, 1.807) is 6.07 Å². The molecule has 0 aromatic heterocycles. The quantitative estimate of drug-likeness (QED) is 0.626. The van der Waals surface area contributed by atoms with Crippen LogP contribution < -0.4 is 11.3 Å². The van der Waals surface area contributed by atoms with Gasteiger partial charge in [-0.1, -0.05) is 38.0 Å². The molecule has 1 aliphatic rings. The van der Waals surface area contributed by atoms with E-state index in [0.717, 1.165) is 19.3 Å². The van der Waals surface area contributed by atoms with E-state index in [1.807, 2.05) is 19.1 Å². The molecule has 2 rings (SSSR count). The Morgan fingerprint density at radius 1 is 1.48 bits per heavy atom. The first kappa shape index (κ1) is 16.4. The third-order valence-corrected chi connectivity index (χ3v) is 4.64. The van der Waals surface area contributed by atoms with Gasteiger partial charge in [-0.05, 0) is 43.7 Å². The summed E-state index contributed by atoms with van der Waals surface area (Å²) in [5.74, 6) is 6.25. The summed E-state index contributed by atoms with van der Waals surface area (Å²) in [6.07, 6.45) is 4.87. The molecule has 1 saturated carbocycles. The molecule has 0 radical (unpaired) electrons. The summed E-state index contributed by atoms with van der Waals surface area (Å²) in [4.78, 5) is 0. The van der Waals surface area contributed by atoms with E-state index in [0.29, 0.717) is 24.5 Å². The highest BCUT2D eigenvalue weighted by Crippen LogP contribution is 2.38. The van der Waals surface area contributed by atoms with Gasteiger partial charge in [-0.2, -0.15) is 0 Å². The van der Waals surface area contributed by atoms with Gasteiger partial charge in [0.15, 0.2) is 0 Å². The Hall–Kier alpha value is -0.970. The fourth-order valence-corrected chi connectivity index (χ4v) is 3.66. The fourth-order valence-electron chi connectivity index (χ4n) is 3.66. The molecule has 3 nitrogen and oxygen atoms in total. The van der Waals surface area contributed by atoms with Crippen molar-refractivity contribution >= 4 is 0 Å². The minimum absolute atomic E-state index is 0.0721. The largest absolute Gasteiger partial charge is 0.374 e. The third kappa shape index (κ3) is 3.82. The number of rotatable bonds is 6. The number of ether oxygens (including phenoxy) is 1. The monoisotopic (exact) mass is 294 g/mol. The molecule has 4 heteroatoms. The molecule has 1 fully saturated rings. The van der Waals surface area contributed by atoms with Crippen molar-refractivity contribution in [1.82, 2.24) is 5.43 Å². The Balaban J connectivity index is 2.21. The molecule has 3 unspecified atom stereocenters. The van der Waals surface area contributed by atoms with Crippen LogP contribution in [0.2, 0.25) is 0 Å². The number of nitrogens with one attached hydrogen (secondary N) is 1. The van der Waals surface area contributed by atoms with Gasteiger partial charge in [0.1, 0.15) is 5.82 Å². The number of benzene rings is 1. The summed E-state index contributed by atoms with van der Waals surface area (Å²) < 4.78 is 20.1. The summed E-state index contributed by atoms with van der Waals surface area (Å²) in [5, 5.41) is 0. The second-order valence-corrected chi connectivity index (χ2v) is 6.21. The smallest absolute Gasteiger partial charge is 0.126 e. The molecule has 0 saturated heterocycles. The molecule has 0 heterocycles. The Bertz CT molecular complexity index is 450. The molecule has 1 aromatic carbocycles. The second-order valence-electron chi connectivity index (χ2n) is 6.21. The van der Waals surface area contributed by atoms with Crippen molar-refractivity contribution in [3.05, 3.63) is 35.6 Å². The SMILES string of the molecule is CCOC1(C(Cc2ccccc2F)NN)CCCC(C)C1. The van der Waals surface area contributed by atoms with Gasteiger partial charge in [0.2, 0.25) is 0 Å². The van der Waals surface area contributed by atoms with Gasteiger partial charge in [0.05, 0.1) is 11.6 Å². The number of hydrogen-bond donors (Lipinski definition) is 2. The molecule has 0 amide bonds. The number of halogens is 1. The maximum atomic E-state index is 13.9. The lowest BCUT2D eigenvalue weighted by molar-refractivity contribution is -0.100. The van der Waals surface area contributed by atoms with E-state index in [2.05, 4.69) is 12.3 Å². The predicted octanol–water partition coefficient (Wildman–Crippen LogP) is 3.19. The fraction of sp³-hybridized carbons (Fsp3) is 0.647. The zero-order chi connectivity index (χ0) is 15.3. The maximum Gasteiger partial charge on any atom is 0.126 e. The lowest BCUT2D eigenvalue weighted by Gasteiger charge is -2.45. The summed E-state index contributed by atoms with van der Waals surface area (Å²) in [6.45, 7) is 4.92. The molecule has 0 aliphatic heterocycles. The molecule has 1 aliphatic carbocycles. The topological polar surface area (TPSA) is 47.3 Å². The first-order valence-electron chi connectivity index (χ1n) is 7.95. The van der Waals surface area contributed by atoms with Gasteiger partial charge in [0.25, 0.3) is 0 Å². The zero-order valence-electron chi connectivity index (χ0n) is 13.1. The summed E-state index contributed by atoms with van der Waals surface area (Å²) in [5.41, 5.74) is 3.31. The van der Waals surface area contributed by atoms with Gasteiger partial charge in [-0.25, -0.2) is 4.39 Å². The molecule has 118 valence electrons. The Labute approximate surface area is 127 Å². The molecule has 3 N–H and O–H groups in total. The van der Waals surface area contributed by atoms with Gasteiger partial charge in [-0.3, -0.25) is 11.3 Å². The molecule has 1 aromatic rings. The average Bonchev–Trinajstić information content (AvgIpc) is 2.46. The number of hydrazine groups is 1. The van der Waals surface area contributed by atoms with Crippen LogP contribution in [0.15, 0.2) is 24.3 Å². The van der Waals surface area contributed by atoms with E-state index in [9.17, 15) is 4.39 Å². The first-order valence-corrected chi connectivity index (χ1v) is 7.95. The highest BCUT2D eigenvalue weighted by Gasteiger charge is 2.42. The lowest BCUT2D eigenvalue weighted by Crippen LogP contribution is -2.58. The van der Waals surface area contributed by atoms with Crippen LogP contribution >= 0.6 is 0 Å². The molecule has 0 bridgehead atoms. The summed E-state index contributed by atoms with van der Waals surface area (Å²) in [7, 11) is 0. The second kappa shape index (κ2) is 7.34. The molecule has 21 heavy (non-hydrogen) atoms. The minimum Gasteiger partial charge on any atom is -0.374 e. The van der Waals surface area contributed by atoms with E-state index < -0.39 is 0 Å². The van der Waals surface area contributed by atoms with Crippen molar-refractivity contribution < 1.29 is 9.13 Å². The maximum absolute atomic E-state index is 13.9. The van der Waals surface area contributed by atoms with Crippen molar-refractivity contribution in [2.24, 2.45) is 11.8 Å². The van der Waals surface area contributed by atoms with Crippen LogP contribution in [0.3, 0.4) is 0 Å². The Kier molecular flexibility index (Phi) is 5.73. The van der Waals surface area contributed by atoms with Crippen LogP contribution in [0.1, 0.15) is 45.1 Å². The van der Waals surface area contributed by atoms with Crippen LogP contribution in [0, 0.1) is 11.7 Å². The highest BCUT2D eigenvalue weighted by molar-refractivity contribution is 5.19. The summed E-state index contributed by atoms with van der Waals surface area (Å²) in [6, 6.07) is 6.83. The molecule has 0 spiro atoms. The normalized spacial score (nSPS) is 27.5. The average molecular weight is 294 g/mol. The van der Waals surface area contributed by atoms with E-state index >= 15 is 0 Å². The van der Waals surface area contributed by atoms with Crippen LogP contribution in [0.25, 0.3) is 0 Å². The lowest BCUT2D eigenvalue weighted by atomic mass is 9.73. The van der Waals surface area contributed by atoms with Crippen molar-refractivity contribution in [3.8, 4) is 0 Å². The van der Waals surface area contributed by atoms with Crippen LogP contribution in [-0.2, 0) is 11.2 Å². The molecule has 3 atom stereocenters. The minimum atomic E-state index is -0.288.